The van der Waals surface area contributed by atoms with E-state index in [0.717, 1.165) is 23.5 Å². The molecule has 0 aliphatic carbocycles. The first-order chi connectivity index (χ1) is 8.40. The molecule has 0 spiro atoms. The summed E-state index contributed by atoms with van der Waals surface area (Å²) >= 11 is 0. The van der Waals surface area contributed by atoms with Crippen molar-refractivity contribution in [3.05, 3.63) is 25.3 Å². The van der Waals surface area contributed by atoms with Crippen molar-refractivity contribution in [3.63, 3.8) is 0 Å². The molecule has 0 fully saturated rings. The molecule has 0 aromatic carbocycles. The highest BCUT2D eigenvalue weighted by molar-refractivity contribution is 6.82. The maximum absolute atomic E-state index is 11.0. The largest absolute Gasteiger partial charge is 0.463 e. The van der Waals surface area contributed by atoms with Crippen LogP contribution in [0.3, 0.4) is 0 Å². The van der Waals surface area contributed by atoms with Crippen molar-refractivity contribution >= 4 is 14.0 Å². The highest BCUT2D eigenvalue weighted by Gasteiger charge is 2.37. The van der Waals surface area contributed by atoms with Crippen LogP contribution in [-0.2, 0) is 9.53 Å². The lowest BCUT2D eigenvalue weighted by Crippen LogP contribution is -2.40. The van der Waals surface area contributed by atoms with Gasteiger partial charge in [-0.1, -0.05) is 57.5 Å². The van der Waals surface area contributed by atoms with Gasteiger partial charge in [-0.2, -0.15) is 0 Å². The summed E-state index contributed by atoms with van der Waals surface area (Å²) in [5.74, 6) is -0.319. The van der Waals surface area contributed by atoms with Crippen molar-refractivity contribution in [2.75, 3.05) is 6.61 Å². The molecule has 0 atom stereocenters. The van der Waals surface area contributed by atoms with E-state index in [9.17, 15) is 4.79 Å². The highest BCUT2D eigenvalue weighted by atomic mass is 28.3. The number of hydrogen-bond acceptors (Lipinski definition) is 2. The molecular weight excluding hydrogens is 240 g/mol. The van der Waals surface area contributed by atoms with Crippen LogP contribution in [0.4, 0.5) is 0 Å². The Kier molecular flexibility index (Phi) is 7.92. The summed E-state index contributed by atoms with van der Waals surface area (Å²) in [5.41, 5.74) is 1.45. The number of rotatable bonds is 9. The summed E-state index contributed by atoms with van der Waals surface area (Å²) in [6, 6.07) is 2.34. The Morgan fingerprint density at radius 3 is 2.17 bits per heavy atom. The molecular formula is C15H28O2Si. The van der Waals surface area contributed by atoms with E-state index in [1.54, 1.807) is 0 Å². The minimum atomic E-state index is -1.37. The average molecular weight is 268 g/mol. The van der Waals surface area contributed by atoms with Gasteiger partial charge in [0, 0.05) is 6.08 Å². The van der Waals surface area contributed by atoms with Crippen LogP contribution >= 0.6 is 0 Å². The Morgan fingerprint density at radius 1 is 1.22 bits per heavy atom. The highest BCUT2D eigenvalue weighted by Crippen LogP contribution is 2.40. The third kappa shape index (κ3) is 4.81. The van der Waals surface area contributed by atoms with Crippen LogP contribution in [0.5, 0.6) is 0 Å². The lowest BCUT2D eigenvalue weighted by Gasteiger charge is -2.39. The van der Waals surface area contributed by atoms with Crippen molar-refractivity contribution < 1.29 is 9.53 Å². The van der Waals surface area contributed by atoms with E-state index >= 15 is 0 Å². The molecule has 0 unspecified atom stereocenters. The van der Waals surface area contributed by atoms with Gasteiger partial charge < -0.3 is 4.74 Å². The second kappa shape index (κ2) is 8.30. The molecule has 0 saturated heterocycles. The maximum Gasteiger partial charge on any atom is 0.330 e. The summed E-state index contributed by atoms with van der Waals surface area (Å²) in [7, 11) is -1.37. The minimum absolute atomic E-state index is 0.319. The third-order valence-electron chi connectivity index (χ3n) is 4.02. The predicted octanol–water partition coefficient (Wildman–Crippen LogP) is 4.56. The molecule has 0 saturated carbocycles. The predicted molar refractivity (Wildman–Crippen MR) is 81.5 cm³/mol. The first-order valence-electron chi connectivity index (χ1n) is 6.80. The van der Waals surface area contributed by atoms with Crippen LogP contribution in [0.2, 0.25) is 23.2 Å². The summed E-state index contributed by atoms with van der Waals surface area (Å²) in [6.07, 6.45) is 4.25. The molecule has 0 radical (unpaired) electrons. The van der Waals surface area contributed by atoms with Crippen LogP contribution in [0.1, 0.15) is 34.1 Å². The SMILES string of the molecule is C=CC[Si](CCCOC(=O)C=C)(C(C)C)C(C)C. The van der Waals surface area contributed by atoms with Crippen molar-refractivity contribution in [2.24, 2.45) is 0 Å². The fraction of sp³-hybridized carbons (Fsp3) is 0.667. The molecule has 104 valence electrons. The minimum Gasteiger partial charge on any atom is -0.463 e. The van der Waals surface area contributed by atoms with E-state index in [0.29, 0.717) is 6.61 Å². The molecule has 0 aliphatic heterocycles. The van der Waals surface area contributed by atoms with Crippen LogP contribution < -0.4 is 0 Å². The zero-order valence-corrected chi connectivity index (χ0v) is 13.4. The fourth-order valence-corrected chi connectivity index (χ4v) is 7.69. The van der Waals surface area contributed by atoms with Gasteiger partial charge in [0.1, 0.15) is 0 Å². The van der Waals surface area contributed by atoms with Crippen molar-refractivity contribution in [1.82, 2.24) is 0 Å². The molecule has 18 heavy (non-hydrogen) atoms. The topological polar surface area (TPSA) is 26.3 Å². The lowest BCUT2D eigenvalue weighted by molar-refractivity contribution is -0.137. The fourth-order valence-electron chi connectivity index (χ4n) is 2.72. The van der Waals surface area contributed by atoms with Gasteiger partial charge in [0.05, 0.1) is 14.7 Å². The summed E-state index contributed by atoms with van der Waals surface area (Å²) in [4.78, 5) is 11.0. The average Bonchev–Trinajstić information content (AvgIpc) is 2.31. The number of carbonyl (C=O) groups is 1. The second-order valence-electron chi connectivity index (χ2n) is 5.51. The number of carbonyl (C=O) groups excluding carboxylic acids is 1. The smallest absolute Gasteiger partial charge is 0.330 e. The Balaban J connectivity index is 4.45. The lowest BCUT2D eigenvalue weighted by atomic mass is 10.5. The molecule has 0 amide bonds. The van der Waals surface area contributed by atoms with E-state index in [1.807, 2.05) is 0 Å². The van der Waals surface area contributed by atoms with E-state index in [1.165, 1.54) is 12.1 Å². The zero-order valence-electron chi connectivity index (χ0n) is 12.4. The molecule has 0 bridgehead atoms. The van der Waals surface area contributed by atoms with Crippen LogP contribution in [0, 0.1) is 0 Å². The molecule has 0 aliphatic rings. The van der Waals surface area contributed by atoms with Crippen molar-refractivity contribution in [3.8, 4) is 0 Å². The van der Waals surface area contributed by atoms with Gasteiger partial charge in [-0.25, -0.2) is 4.79 Å². The van der Waals surface area contributed by atoms with Crippen molar-refractivity contribution in [1.29, 1.82) is 0 Å². The van der Waals surface area contributed by atoms with Gasteiger partial charge in [0.25, 0.3) is 0 Å². The van der Waals surface area contributed by atoms with Gasteiger partial charge in [-0.15, -0.1) is 6.58 Å². The number of hydrogen-bond donors (Lipinski definition) is 0. The molecule has 2 nitrogen and oxygen atoms in total. The second-order valence-corrected chi connectivity index (χ2v) is 11.2. The van der Waals surface area contributed by atoms with Crippen LogP contribution in [0.15, 0.2) is 25.3 Å². The first-order valence-corrected chi connectivity index (χ1v) is 9.37. The third-order valence-corrected chi connectivity index (χ3v) is 11.0. The molecule has 0 N–H and O–H groups in total. The van der Waals surface area contributed by atoms with Crippen LogP contribution in [0.25, 0.3) is 0 Å². The van der Waals surface area contributed by atoms with Gasteiger partial charge >= 0.3 is 5.97 Å². The van der Waals surface area contributed by atoms with Crippen molar-refractivity contribution in [2.45, 2.75) is 57.3 Å². The Bertz CT molecular complexity index is 274. The summed E-state index contributed by atoms with van der Waals surface area (Å²) in [5, 5.41) is 0. The van der Waals surface area contributed by atoms with Gasteiger partial charge in [-0.3, -0.25) is 0 Å². The summed E-state index contributed by atoms with van der Waals surface area (Å²) in [6.45, 7) is 17.1. The summed E-state index contributed by atoms with van der Waals surface area (Å²) < 4.78 is 5.06. The van der Waals surface area contributed by atoms with Gasteiger partial charge in [-0.05, 0) is 12.5 Å². The monoisotopic (exact) mass is 268 g/mol. The number of allylic oxidation sites excluding steroid dienone is 1. The van der Waals surface area contributed by atoms with E-state index in [4.69, 9.17) is 4.74 Å². The van der Waals surface area contributed by atoms with Gasteiger partial charge in [0.2, 0.25) is 0 Å². The normalized spacial score (nSPS) is 11.7. The first kappa shape index (κ1) is 17.2. The molecule has 3 heteroatoms. The Hall–Kier alpha value is -0.833. The molecule has 0 heterocycles. The zero-order chi connectivity index (χ0) is 14.2. The standard InChI is InChI=1S/C15H28O2Si/c1-7-11-18(13(3)4,14(5)6)12-9-10-17-15(16)8-2/h7-8,13-14H,1-2,9-12H2,3-6H3. The maximum atomic E-state index is 11.0. The Morgan fingerprint density at radius 2 is 1.78 bits per heavy atom. The number of esters is 1. The molecule has 0 aromatic rings. The van der Waals surface area contributed by atoms with E-state index < -0.39 is 8.07 Å². The molecule has 0 rings (SSSR count). The number of ether oxygens (including phenoxy) is 1. The van der Waals surface area contributed by atoms with Gasteiger partial charge in [0.15, 0.2) is 0 Å². The van der Waals surface area contributed by atoms with E-state index in [-0.39, 0.29) is 5.97 Å². The van der Waals surface area contributed by atoms with E-state index in [2.05, 4.69) is 46.9 Å². The van der Waals surface area contributed by atoms with Crippen LogP contribution in [-0.4, -0.2) is 20.7 Å². The molecule has 0 aromatic heterocycles. The Labute approximate surface area is 113 Å². The quantitative estimate of drug-likeness (QED) is 0.201.